The van der Waals surface area contributed by atoms with Gasteiger partial charge in [0.15, 0.2) is 5.69 Å². The van der Waals surface area contributed by atoms with Gasteiger partial charge in [0.05, 0.1) is 18.3 Å². The normalized spacial score (nSPS) is 14.8. The van der Waals surface area contributed by atoms with E-state index in [2.05, 4.69) is 50.1 Å². The summed E-state index contributed by atoms with van der Waals surface area (Å²) in [6.07, 6.45) is 4.41. The van der Waals surface area contributed by atoms with E-state index in [1.807, 2.05) is 15.6 Å². The number of rotatable bonds is 8. The third-order valence-electron chi connectivity index (χ3n) is 6.34. The molecule has 0 saturated carbocycles. The van der Waals surface area contributed by atoms with Crippen molar-refractivity contribution in [3.63, 3.8) is 0 Å². The van der Waals surface area contributed by atoms with Crippen LogP contribution >= 0.6 is 0 Å². The van der Waals surface area contributed by atoms with Gasteiger partial charge in [0, 0.05) is 19.0 Å². The highest BCUT2D eigenvalue weighted by Crippen LogP contribution is 2.31. The second-order valence-corrected chi connectivity index (χ2v) is 8.20. The van der Waals surface area contributed by atoms with E-state index in [1.165, 1.54) is 5.56 Å². The Labute approximate surface area is 185 Å². The Bertz CT molecular complexity index is 876. The maximum absolute atomic E-state index is 12.8. The van der Waals surface area contributed by atoms with Crippen molar-refractivity contribution in [1.29, 1.82) is 0 Å². The first-order valence-corrected chi connectivity index (χ1v) is 11.7. The fourth-order valence-electron chi connectivity index (χ4n) is 4.33. The number of aryl methyl sites for hydroxylation is 1. The number of benzene rings is 1. The fraction of sp³-hybridized carbons (Fsp3) is 0.560. The molecular formula is C25H35N3O3. The number of likely N-dealkylation sites (tertiary alicyclic amines) is 1. The lowest BCUT2D eigenvalue weighted by molar-refractivity contribution is -0.137. The molecule has 1 aromatic heterocycles. The minimum atomic E-state index is -0.394. The summed E-state index contributed by atoms with van der Waals surface area (Å²) in [4.78, 5) is 27.1. The van der Waals surface area contributed by atoms with Crippen molar-refractivity contribution in [2.24, 2.45) is 5.92 Å². The van der Waals surface area contributed by atoms with Crippen LogP contribution in [0.4, 0.5) is 0 Å². The summed E-state index contributed by atoms with van der Waals surface area (Å²) in [6.45, 7) is 9.86. The summed E-state index contributed by atoms with van der Waals surface area (Å²) < 4.78 is 7.17. The Balaban J connectivity index is 1.84. The first-order valence-electron chi connectivity index (χ1n) is 11.7. The predicted octanol–water partition coefficient (Wildman–Crippen LogP) is 4.89. The third kappa shape index (κ3) is 5.17. The molecule has 2 aromatic rings. The van der Waals surface area contributed by atoms with Gasteiger partial charge in [-0.05, 0) is 56.2 Å². The smallest absolute Gasteiger partial charge is 0.358 e. The Morgan fingerprint density at radius 2 is 1.71 bits per heavy atom. The molecule has 31 heavy (non-hydrogen) atoms. The lowest BCUT2D eigenvalue weighted by atomic mass is 9.98. The molecule has 1 saturated heterocycles. The molecule has 0 radical (unpaired) electrons. The van der Waals surface area contributed by atoms with Gasteiger partial charge in [0.2, 0.25) is 5.91 Å². The highest BCUT2D eigenvalue weighted by Gasteiger charge is 2.29. The molecule has 1 amide bonds. The first kappa shape index (κ1) is 23.0. The topological polar surface area (TPSA) is 64.4 Å². The molecule has 0 unspecified atom stereocenters. The molecule has 168 valence electrons. The number of hydrogen-bond acceptors (Lipinski definition) is 4. The van der Waals surface area contributed by atoms with Gasteiger partial charge in [-0.1, -0.05) is 45.0 Å². The van der Waals surface area contributed by atoms with Crippen molar-refractivity contribution in [1.82, 2.24) is 14.7 Å². The third-order valence-corrected chi connectivity index (χ3v) is 6.34. The van der Waals surface area contributed by atoms with Crippen LogP contribution in [0.5, 0.6) is 0 Å². The van der Waals surface area contributed by atoms with Gasteiger partial charge in [-0.2, -0.15) is 5.10 Å². The number of piperidine rings is 1. The minimum absolute atomic E-state index is 0.115. The van der Waals surface area contributed by atoms with Crippen LogP contribution in [0.1, 0.15) is 75.5 Å². The van der Waals surface area contributed by atoms with E-state index in [0.29, 0.717) is 12.3 Å². The average molecular weight is 426 g/mol. The largest absolute Gasteiger partial charge is 0.461 e. The molecule has 1 fully saturated rings. The van der Waals surface area contributed by atoms with E-state index >= 15 is 0 Å². The highest BCUT2D eigenvalue weighted by molar-refractivity contribution is 5.88. The zero-order valence-electron chi connectivity index (χ0n) is 19.3. The Morgan fingerprint density at radius 1 is 1.06 bits per heavy atom. The summed E-state index contributed by atoms with van der Waals surface area (Å²) in [5.74, 6) is -0.00941. The summed E-state index contributed by atoms with van der Waals surface area (Å²) in [6, 6.07) is 10.4. The van der Waals surface area contributed by atoms with E-state index in [-0.39, 0.29) is 17.9 Å². The van der Waals surface area contributed by atoms with E-state index < -0.39 is 5.97 Å². The van der Waals surface area contributed by atoms with Crippen molar-refractivity contribution in [2.45, 2.75) is 65.8 Å². The standard InChI is InChI=1S/C25H35N3O3/c1-5-18-9-11-20(12-10-18)23-17-22(25(30)31-8-4)26-28(23)21-13-15-27(16-14-21)24(29)19(6-2)7-3/h9-12,17,19,21H,5-8,13-16H2,1-4H3. The Hall–Kier alpha value is -2.63. The van der Waals surface area contributed by atoms with Crippen LogP contribution in [0.15, 0.2) is 30.3 Å². The molecule has 0 N–H and O–H groups in total. The van der Waals surface area contributed by atoms with Crippen LogP contribution in [-0.4, -0.2) is 46.3 Å². The summed E-state index contributed by atoms with van der Waals surface area (Å²) >= 11 is 0. The van der Waals surface area contributed by atoms with Crippen LogP contribution in [0.25, 0.3) is 11.3 Å². The predicted molar refractivity (Wildman–Crippen MR) is 122 cm³/mol. The van der Waals surface area contributed by atoms with Crippen LogP contribution < -0.4 is 0 Å². The number of hydrogen-bond donors (Lipinski definition) is 0. The van der Waals surface area contributed by atoms with Crippen molar-refractivity contribution in [3.8, 4) is 11.3 Å². The van der Waals surface area contributed by atoms with Gasteiger partial charge in [0.25, 0.3) is 0 Å². The van der Waals surface area contributed by atoms with E-state index in [4.69, 9.17) is 4.74 Å². The van der Waals surface area contributed by atoms with Gasteiger partial charge in [-0.3, -0.25) is 9.48 Å². The fourth-order valence-corrected chi connectivity index (χ4v) is 4.33. The molecule has 3 rings (SSSR count). The van der Waals surface area contributed by atoms with E-state index in [0.717, 1.165) is 56.5 Å². The molecule has 6 nitrogen and oxygen atoms in total. The summed E-state index contributed by atoms with van der Waals surface area (Å²) in [7, 11) is 0. The first-order chi connectivity index (χ1) is 15.0. The highest BCUT2D eigenvalue weighted by atomic mass is 16.5. The molecule has 6 heteroatoms. The van der Waals surface area contributed by atoms with Crippen molar-refractivity contribution in [2.75, 3.05) is 19.7 Å². The zero-order chi connectivity index (χ0) is 22.4. The summed E-state index contributed by atoms with van der Waals surface area (Å²) in [5.41, 5.74) is 3.58. The van der Waals surface area contributed by atoms with Gasteiger partial charge < -0.3 is 9.64 Å². The van der Waals surface area contributed by atoms with Gasteiger partial charge >= 0.3 is 5.97 Å². The quantitative estimate of drug-likeness (QED) is 0.565. The second kappa shape index (κ2) is 10.6. The monoisotopic (exact) mass is 425 g/mol. The molecule has 0 spiro atoms. The number of aromatic nitrogens is 2. The van der Waals surface area contributed by atoms with E-state index in [9.17, 15) is 9.59 Å². The maximum atomic E-state index is 12.8. The van der Waals surface area contributed by atoms with Gasteiger partial charge in [-0.15, -0.1) is 0 Å². The number of nitrogens with zero attached hydrogens (tertiary/aromatic N) is 3. The number of amides is 1. The SMILES string of the molecule is CCOC(=O)c1cc(-c2ccc(CC)cc2)n(C2CCN(C(=O)C(CC)CC)CC2)n1. The Kier molecular flexibility index (Phi) is 7.88. The van der Waals surface area contributed by atoms with Crippen LogP contribution in [0.2, 0.25) is 0 Å². The number of carbonyl (C=O) groups excluding carboxylic acids is 2. The lowest BCUT2D eigenvalue weighted by Crippen LogP contribution is -2.42. The second-order valence-electron chi connectivity index (χ2n) is 8.20. The van der Waals surface area contributed by atoms with Crippen molar-refractivity contribution in [3.05, 3.63) is 41.6 Å². The molecule has 0 atom stereocenters. The van der Waals surface area contributed by atoms with Crippen LogP contribution in [0, 0.1) is 5.92 Å². The molecule has 2 heterocycles. The number of ether oxygens (including phenoxy) is 1. The van der Waals surface area contributed by atoms with Crippen molar-refractivity contribution < 1.29 is 14.3 Å². The van der Waals surface area contributed by atoms with Gasteiger partial charge in [-0.25, -0.2) is 4.79 Å². The zero-order valence-corrected chi connectivity index (χ0v) is 19.3. The average Bonchev–Trinajstić information content (AvgIpc) is 3.26. The molecule has 0 aliphatic carbocycles. The molecule has 0 bridgehead atoms. The Morgan fingerprint density at radius 3 is 2.26 bits per heavy atom. The molecular weight excluding hydrogens is 390 g/mol. The number of carbonyl (C=O) groups is 2. The van der Waals surface area contributed by atoms with Crippen molar-refractivity contribution >= 4 is 11.9 Å². The van der Waals surface area contributed by atoms with Crippen LogP contribution in [0.3, 0.4) is 0 Å². The minimum Gasteiger partial charge on any atom is -0.461 e. The molecule has 1 aliphatic rings. The lowest BCUT2D eigenvalue weighted by Gasteiger charge is -2.34. The van der Waals surface area contributed by atoms with E-state index in [1.54, 1.807) is 6.92 Å². The maximum Gasteiger partial charge on any atom is 0.358 e. The summed E-state index contributed by atoms with van der Waals surface area (Å²) in [5, 5.41) is 4.65. The molecule has 1 aliphatic heterocycles. The van der Waals surface area contributed by atoms with Crippen LogP contribution in [-0.2, 0) is 16.0 Å². The number of esters is 1. The molecule has 1 aromatic carbocycles. The van der Waals surface area contributed by atoms with Gasteiger partial charge in [0.1, 0.15) is 0 Å².